The molecular formula is C29H27BrN4O7S3. The molecule has 0 bridgehead atoms. The summed E-state index contributed by atoms with van der Waals surface area (Å²) in [5.41, 5.74) is 0.551. The number of piperazine rings is 1. The van der Waals surface area contributed by atoms with E-state index < -0.39 is 48.6 Å². The fourth-order valence-electron chi connectivity index (χ4n) is 4.61. The molecular weight excluding hydrogens is 692 g/mol. The van der Waals surface area contributed by atoms with Crippen molar-refractivity contribution in [3.8, 4) is 0 Å². The predicted molar refractivity (Wildman–Crippen MR) is 169 cm³/mol. The predicted octanol–water partition coefficient (Wildman–Crippen LogP) is 3.95. The van der Waals surface area contributed by atoms with Crippen LogP contribution in [0, 0.1) is 0 Å². The number of carbonyl (C=O) groups excluding carboxylic acids is 1. The largest absolute Gasteiger partial charge is 0.325 e. The van der Waals surface area contributed by atoms with Gasteiger partial charge >= 0.3 is 0 Å². The highest BCUT2D eigenvalue weighted by Gasteiger charge is 2.43. The van der Waals surface area contributed by atoms with E-state index in [0.717, 1.165) is 13.1 Å². The van der Waals surface area contributed by atoms with Crippen molar-refractivity contribution in [3.63, 3.8) is 0 Å². The molecule has 1 aliphatic heterocycles. The zero-order valence-corrected chi connectivity index (χ0v) is 27.0. The molecule has 1 aliphatic rings. The van der Waals surface area contributed by atoms with Crippen molar-refractivity contribution in [2.24, 2.45) is 0 Å². The highest BCUT2D eigenvalue weighted by Crippen LogP contribution is 2.27. The second kappa shape index (κ2) is 12.8. The molecule has 4 aromatic rings. The summed E-state index contributed by atoms with van der Waals surface area (Å²) in [6, 6.07) is 25.7. The van der Waals surface area contributed by atoms with Crippen LogP contribution in [0.3, 0.4) is 0 Å². The fourth-order valence-corrected chi connectivity index (χ4v) is 8.98. The molecule has 0 saturated carbocycles. The number of rotatable bonds is 9. The van der Waals surface area contributed by atoms with Gasteiger partial charge in [-0.15, -0.1) is 0 Å². The van der Waals surface area contributed by atoms with Crippen LogP contribution in [0.25, 0.3) is 0 Å². The van der Waals surface area contributed by atoms with Gasteiger partial charge in [-0.25, -0.2) is 25.3 Å². The van der Waals surface area contributed by atoms with Crippen LogP contribution in [0.5, 0.6) is 0 Å². The first-order valence-electron chi connectivity index (χ1n) is 13.2. The van der Waals surface area contributed by atoms with Crippen molar-refractivity contribution < 1.29 is 30.0 Å². The van der Waals surface area contributed by atoms with Crippen LogP contribution in [0.4, 0.5) is 11.4 Å². The van der Waals surface area contributed by atoms with E-state index in [0.29, 0.717) is 5.69 Å². The van der Waals surface area contributed by atoms with Gasteiger partial charge in [0.15, 0.2) is 0 Å². The van der Waals surface area contributed by atoms with Gasteiger partial charge in [0.05, 0.1) is 14.7 Å². The molecule has 1 saturated heterocycles. The summed E-state index contributed by atoms with van der Waals surface area (Å²) in [5.74, 6) is -0.777. The van der Waals surface area contributed by atoms with Crippen LogP contribution in [-0.2, 0) is 34.9 Å². The summed E-state index contributed by atoms with van der Waals surface area (Å²) in [4.78, 5) is 13.6. The Kier molecular flexibility index (Phi) is 9.25. The first kappa shape index (κ1) is 31.8. The van der Waals surface area contributed by atoms with Crippen molar-refractivity contribution >= 4 is 63.3 Å². The smallest absolute Gasteiger partial charge is 0.261 e. The van der Waals surface area contributed by atoms with Crippen LogP contribution in [0.15, 0.2) is 128 Å². The summed E-state index contributed by atoms with van der Waals surface area (Å²) in [6.45, 7) is -0.857. The van der Waals surface area contributed by atoms with Gasteiger partial charge in [-0.05, 0) is 72.8 Å². The van der Waals surface area contributed by atoms with Crippen LogP contribution in [0.1, 0.15) is 0 Å². The normalized spacial score (nSPS) is 16.7. The van der Waals surface area contributed by atoms with Gasteiger partial charge in [-0.2, -0.15) is 8.61 Å². The van der Waals surface area contributed by atoms with E-state index >= 15 is 0 Å². The number of hydrogen-bond acceptors (Lipinski definition) is 7. The number of anilines is 2. The minimum atomic E-state index is -4.18. The van der Waals surface area contributed by atoms with E-state index in [9.17, 15) is 30.0 Å². The molecule has 4 aromatic carbocycles. The van der Waals surface area contributed by atoms with Gasteiger partial charge in [0.1, 0.15) is 6.04 Å². The third-order valence-electron chi connectivity index (χ3n) is 6.86. The minimum absolute atomic E-state index is 0.0204. The Morgan fingerprint density at radius 2 is 1.16 bits per heavy atom. The number of halogens is 1. The Hall–Kier alpha value is -3.60. The van der Waals surface area contributed by atoms with E-state index in [1.807, 2.05) is 0 Å². The van der Waals surface area contributed by atoms with E-state index in [1.165, 1.54) is 48.5 Å². The van der Waals surface area contributed by atoms with Crippen LogP contribution in [0.2, 0.25) is 0 Å². The molecule has 0 unspecified atom stereocenters. The molecule has 15 heteroatoms. The van der Waals surface area contributed by atoms with Gasteiger partial charge < -0.3 is 5.32 Å². The van der Waals surface area contributed by atoms with Crippen molar-refractivity contribution in [1.82, 2.24) is 8.61 Å². The van der Waals surface area contributed by atoms with Gasteiger partial charge in [0.25, 0.3) is 10.0 Å². The molecule has 0 aliphatic carbocycles. The van der Waals surface area contributed by atoms with Crippen molar-refractivity contribution in [2.75, 3.05) is 29.7 Å². The maximum Gasteiger partial charge on any atom is 0.261 e. The van der Waals surface area contributed by atoms with E-state index in [1.54, 1.807) is 60.7 Å². The highest BCUT2D eigenvalue weighted by atomic mass is 79.9. The average Bonchev–Trinajstić information content (AvgIpc) is 3.03. The zero-order chi connectivity index (χ0) is 31.5. The Morgan fingerprint density at radius 3 is 1.73 bits per heavy atom. The van der Waals surface area contributed by atoms with Crippen LogP contribution >= 0.6 is 15.9 Å². The highest BCUT2D eigenvalue weighted by molar-refractivity contribution is 9.10. The quantitative estimate of drug-likeness (QED) is 0.266. The topological polar surface area (TPSA) is 150 Å². The molecule has 1 heterocycles. The molecule has 0 aromatic heterocycles. The minimum Gasteiger partial charge on any atom is -0.325 e. The van der Waals surface area contributed by atoms with E-state index in [2.05, 4.69) is 26.0 Å². The number of nitrogens with one attached hydrogen (secondary N) is 2. The molecule has 1 amide bonds. The molecule has 11 nitrogen and oxygen atoms in total. The third kappa shape index (κ3) is 6.87. The van der Waals surface area contributed by atoms with Crippen molar-refractivity contribution in [2.45, 2.75) is 20.7 Å². The maximum absolute atomic E-state index is 13.6. The van der Waals surface area contributed by atoms with Crippen LogP contribution in [-0.4, -0.2) is 65.4 Å². The van der Waals surface area contributed by atoms with E-state index in [4.69, 9.17) is 0 Å². The molecule has 230 valence electrons. The molecule has 0 spiro atoms. The molecule has 44 heavy (non-hydrogen) atoms. The maximum atomic E-state index is 13.6. The first-order chi connectivity index (χ1) is 20.9. The number of nitrogens with zero attached hydrogens (tertiary/aromatic N) is 2. The van der Waals surface area contributed by atoms with Crippen molar-refractivity contribution in [1.29, 1.82) is 0 Å². The Labute approximate surface area is 264 Å². The molecule has 0 radical (unpaired) electrons. The van der Waals surface area contributed by atoms with Crippen LogP contribution < -0.4 is 10.0 Å². The number of sulfonamides is 3. The third-order valence-corrected chi connectivity index (χ3v) is 12.6. The Bertz CT molecular complexity index is 1960. The second-order valence-electron chi connectivity index (χ2n) is 9.75. The van der Waals surface area contributed by atoms with Crippen molar-refractivity contribution in [3.05, 3.63) is 114 Å². The number of carbonyl (C=O) groups is 1. The fraction of sp³-hybridized carbons (Fsp3) is 0.138. The number of hydrogen-bond donors (Lipinski definition) is 2. The first-order valence-corrected chi connectivity index (χ1v) is 18.3. The zero-order valence-electron chi connectivity index (χ0n) is 22.9. The molecule has 5 rings (SSSR count). The summed E-state index contributed by atoms with van der Waals surface area (Å²) < 4.78 is 85.0. The number of benzene rings is 4. The summed E-state index contributed by atoms with van der Waals surface area (Å²) in [7, 11) is -12.1. The summed E-state index contributed by atoms with van der Waals surface area (Å²) >= 11 is 3.30. The lowest BCUT2D eigenvalue weighted by Gasteiger charge is -2.38. The van der Waals surface area contributed by atoms with Gasteiger partial charge in [-0.3, -0.25) is 9.52 Å². The summed E-state index contributed by atoms with van der Waals surface area (Å²) in [6.07, 6.45) is 0. The Morgan fingerprint density at radius 1 is 0.636 bits per heavy atom. The monoisotopic (exact) mass is 718 g/mol. The van der Waals surface area contributed by atoms with Gasteiger partial charge in [0.2, 0.25) is 26.0 Å². The number of amides is 1. The SMILES string of the molecule is O=C(Nc1ccc(S(=O)(=O)Nc2ccc(Br)cc2)cc1)[C@@H]1CN(S(=O)(=O)c2ccccc2)CCN1S(=O)(=O)c1ccccc1. The summed E-state index contributed by atoms with van der Waals surface area (Å²) in [5, 5.41) is 2.62. The van der Waals surface area contributed by atoms with Gasteiger partial charge in [0, 0.05) is 35.5 Å². The second-order valence-corrected chi connectivity index (χ2v) is 16.2. The average molecular weight is 720 g/mol. The lowest BCUT2D eigenvalue weighted by molar-refractivity contribution is -0.120. The molecule has 1 atom stereocenters. The van der Waals surface area contributed by atoms with Gasteiger partial charge in [-0.1, -0.05) is 52.3 Å². The standard InChI is InChI=1S/C29H27BrN4O7S3/c30-22-11-13-24(14-12-22)32-42(36,37)25-17-15-23(16-18-25)31-29(35)28-21-33(43(38,39)26-7-3-1-4-8-26)19-20-34(28)44(40,41)27-9-5-2-6-10-27/h1-18,28,32H,19-21H2,(H,31,35)/t28-/m0/s1. The lowest BCUT2D eigenvalue weighted by atomic mass is 10.2. The molecule has 1 fully saturated rings. The molecule has 2 N–H and O–H groups in total. The Balaban J connectivity index is 1.40. The van der Waals surface area contributed by atoms with E-state index in [-0.39, 0.29) is 33.5 Å². The lowest BCUT2D eigenvalue weighted by Crippen LogP contribution is -2.60.